The molecule has 0 saturated carbocycles. The fourth-order valence-corrected chi connectivity index (χ4v) is 3.15. The Morgan fingerprint density at radius 2 is 1.79 bits per heavy atom. The normalized spacial score (nSPS) is 10.8. The number of fused-ring (bicyclic) bond motifs is 1. The van der Waals surface area contributed by atoms with Gasteiger partial charge < -0.3 is 11.1 Å². The minimum atomic E-state index is -0.503. The first-order valence-electron chi connectivity index (χ1n) is 8.46. The molecule has 0 aliphatic heterocycles. The molecule has 0 saturated heterocycles. The third kappa shape index (κ3) is 3.45. The van der Waals surface area contributed by atoms with Gasteiger partial charge in [-0.1, -0.05) is 29.8 Å². The second kappa shape index (κ2) is 7.17. The lowest BCUT2D eigenvalue weighted by atomic mass is 10.0. The molecule has 0 aliphatic rings. The molecule has 4 rings (SSSR count). The summed E-state index contributed by atoms with van der Waals surface area (Å²) in [6.07, 6.45) is 0. The Morgan fingerprint density at radius 3 is 2.57 bits per heavy atom. The van der Waals surface area contributed by atoms with Crippen molar-refractivity contribution in [1.82, 2.24) is 10.2 Å². The lowest BCUT2D eigenvalue weighted by molar-refractivity contribution is 0.0997. The van der Waals surface area contributed by atoms with Crippen LogP contribution in [0.5, 0.6) is 0 Å². The molecule has 4 aromatic rings. The lowest BCUT2D eigenvalue weighted by Gasteiger charge is -2.07. The molecule has 1 heterocycles. The van der Waals surface area contributed by atoms with Crippen molar-refractivity contribution in [2.24, 2.45) is 5.73 Å². The Morgan fingerprint density at radius 1 is 0.964 bits per heavy atom. The molecule has 2 amide bonds. The number of aromatic amines is 1. The summed E-state index contributed by atoms with van der Waals surface area (Å²) in [7, 11) is 0. The van der Waals surface area contributed by atoms with Gasteiger partial charge in [0.1, 0.15) is 0 Å². The molecule has 0 aliphatic carbocycles. The van der Waals surface area contributed by atoms with E-state index in [1.165, 1.54) is 0 Å². The van der Waals surface area contributed by atoms with Gasteiger partial charge in [-0.15, -0.1) is 0 Å². The molecular formula is C21H15ClN4O2. The predicted molar refractivity (Wildman–Crippen MR) is 109 cm³/mol. The Hall–Kier alpha value is -3.64. The van der Waals surface area contributed by atoms with E-state index >= 15 is 0 Å². The summed E-state index contributed by atoms with van der Waals surface area (Å²) in [6.45, 7) is 0. The third-order valence-electron chi connectivity index (χ3n) is 4.33. The molecule has 1 aromatic heterocycles. The Labute approximate surface area is 165 Å². The third-order valence-corrected chi connectivity index (χ3v) is 4.56. The van der Waals surface area contributed by atoms with Gasteiger partial charge in [0.05, 0.1) is 11.2 Å². The van der Waals surface area contributed by atoms with E-state index < -0.39 is 5.91 Å². The van der Waals surface area contributed by atoms with Crippen molar-refractivity contribution in [3.8, 4) is 11.3 Å². The summed E-state index contributed by atoms with van der Waals surface area (Å²) >= 11 is 5.95. The Kier molecular flexibility index (Phi) is 4.55. The summed E-state index contributed by atoms with van der Waals surface area (Å²) in [5.41, 5.74) is 9.10. The second-order valence-electron chi connectivity index (χ2n) is 6.24. The highest BCUT2D eigenvalue weighted by Crippen LogP contribution is 2.29. The van der Waals surface area contributed by atoms with Gasteiger partial charge in [0, 0.05) is 32.8 Å². The van der Waals surface area contributed by atoms with Gasteiger partial charge in [0.15, 0.2) is 0 Å². The van der Waals surface area contributed by atoms with Crippen LogP contribution in [-0.4, -0.2) is 22.0 Å². The van der Waals surface area contributed by atoms with Crippen molar-refractivity contribution in [2.45, 2.75) is 0 Å². The van der Waals surface area contributed by atoms with Gasteiger partial charge in [-0.3, -0.25) is 14.7 Å². The fraction of sp³-hybridized carbons (Fsp3) is 0. The van der Waals surface area contributed by atoms with Crippen LogP contribution >= 0.6 is 11.6 Å². The highest BCUT2D eigenvalue weighted by molar-refractivity contribution is 6.31. The second-order valence-corrected chi connectivity index (χ2v) is 6.68. The van der Waals surface area contributed by atoms with Gasteiger partial charge in [-0.2, -0.15) is 5.10 Å². The van der Waals surface area contributed by atoms with E-state index in [9.17, 15) is 9.59 Å². The first-order valence-corrected chi connectivity index (χ1v) is 8.84. The monoisotopic (exact) mass is 390 g/mol. The molecule has 6 nitrogen and oxygen atoms in total. The average molecular weight is 391 g/mol. The zero-order chi connectivity index (χ0) is 19.7. The van der Waals surface area contributed by atoms with Crippen molar-refractivity contribution in [3.05, 3.63) is 82.9 Å². The molecule has 0 atom stereocenters. The van der Waals surface area contributed by atoms with Gasteiger partial charge in [0.2, 0.25) is 5.91 Å². The van der Waals surface area contributed by atoms with E-state index in [0.717, 1.165) is 16.5 Å². The number of amides is 2. The van der Waals surface area contributed by atoms with Crippen LogP contribution in [0.3, 0.4) is 0 Å². The summed E-state index contributed by atoms with van der Waals surface area (Å²) in [6, 6.07) is 19.1. The number of H-pyrrole nitrogens is 1. The minimum Gasteiger partial charge on any atom is -0.366 e. The number of carbonyl (C=O) groups excluding carboxylic acids is 2. The van der Waals surface area contributed by atoms with Gasteiger partial charge in [-0.05, 0) is 48.5 Å². The molecule has 28 heavy (non-hydrogen) atoms. The van der Waals surface area contributed by atoms with Gasteiger partial charge >= 0.3 is 0 Å². The van der Waals surface area contributed by atoms with Crippen molar-refractivity contribution < 1.29 is 9.59 Å². The van der Waals surface area contributed by atoms with E-state index in [-0.39, 0.29) is 5.91 Å². The van der Waals surface area contributed by atoms with Crippen molar-refractivity contribution >= 4 is 40.0 Å². The number of benzene rings is 3. The molecule has 0 unspecified atom stereocenters. The maximum atomic E-state index is 12.5. The number of rotatable bonds is 4. The number of nitrogens with zero attached hydrogens (tertiary/aromatic N) is 1. The number of hydrogen-bond donors (Lipinski definition) is 3. The van der Waals surface area contributed by atoms with Crippen LogP contribution in [0.25, 0.3) is 22.2 Å². The number of anilines is 1. The number of nitrogens with two attached hydrogens (primary N) is 1. The highest BCUT2D eigenvalue weighted by atomic mass is 35.5. The Balaban J connectivity index is 1.67. The van der Waals surface area contributed by atoms with Gasteiger partial charge in [0.25, 0.3) is 5.91 Å². The fourth-order valence-electron chi connectivity index (χ4n) is 2.96. The van der Waals surface area contributed by atoms with Crippen LogP contribution < -0.4 is 11.1 Å². The van der Waals surface area contributed by atoms with Crippen molar-refractivity contribution in [1.29, 1.82) is 0 Å². The molecular weight excluding hydrogens is 376 g/mol. The quantitative estimate of drug-likeness (QED) is 0.486. The number of halogens is 1. The van der Waals surface area contributed by atoms with Crippen molar-refractivity contribution in [2.75, 3.05) is 5.32 Å². The molecule has 4 N–H and O–H groups in total. The van der Waals surface area contributed by atoms with E-state index in [4.69, 9.17) is 17.3 Å². The summed E-state index contributed by atoms with van der Waals surface area (Å²) in [5.74, 6) is -0.765. The minimum absolute atomic E-state index is 0.262. The van der Waals surface area contributed by atoms with E-state index in [0.29, 0.717) is 27.5 Å². The number of nitrogens with one attached hydrogen (secondary N) is 2. The zero-order valence-corrected chi connectivity index (χ0v) is 15.3. The first kappa shape index (κ1) is 17.8. The van der Waals surface area contributed by atoms with E-state index in [2.05, 4.69) is 15.5 Å². The predicted octanol–water partition coefficient (Wildman–Crippen LogP) is 4.23. The van der Waals surface area contributed by atoms with Crippen LogP contribution in [0.1, 0.15) is 20.7 Å². The maximum absolute atomic E-state index is 12.5. The van der Waals surface area contributed by atoms with Crippen LogP contribution in [0, 0.1) is 0 Å². The summed E-state index contributed by atoms with van der Waals surface area (Å²) in [5, 5.41) is 11.4. The number of carbonyl (C=O) groups is 2. The zero-order valence-electron chi connectivity index (χ0n) is 14.6. The largest absolute Gasteiger partial charge is 0.366 e. The van der Waals surface area contributed by atoms with Gasteiger partial charge in [-0.25, -0.2) is 0 Å². The maximum Gasteiger partial charge on any atom is 0.255 e. The topological polar surface area (TPSA) is 101 Å². The lowest BCUT2D eigenvalue weighted by Crippen LogP contribution is -2.11. The van der Waals surface area contributed by atoms with Crippen molar-refractivity contribution in [3.63, 3.8) is 0 Å². The van der Waals surface area contributed by atoms with Crippen LogP contribution in [0.4, 0.5) is 5.69 Å². The number of hydrogen-bond acceptors (Lipinski definition) is 3. The molecule has 0 radical (unpaired) electrons. The van der Waals surface area contributed by atoms with Crippen LogP contribution in [0.2, 0.25) is 5.02 Å². The standard InChI is InChI=1S/C21H15ClN4O2/c22-15-5-1-4-14(9-15)21(28)24-16-6-2-3-12(10-16)19-17-11-13(20(23)27)7-8-18(17)25-26-19/h1-11H,(H2,23,27)(H,24,28)(H,25,26). The molecule has 0 bridgehead atoms. The average Bonchev–Trinajstić information content (AvgIpc) is 3.11. The molecule has 7 heteroatoms. The van der Waals surface area contributed by atoms with Crippen LogP contribution in [0.15, 0.2) is 66.7 Å². The van der Waals surface area contributed by atoms with E-state index in [1.807, 2.05) is 18.2 Å². The molecule has 3 aromatic carbocycles. The Bertz CT molecular complexity index is 1220. The smallest absolute Gasteiger partial charge is 0.255 e. The number of aromatic nitrogens is 2. The SMILES string of the molecule is NC(=O)c1ccc2[nH]nc(-c3cccc(NC(=O)c4cccc(Cl)c4)c3)c2c1. The molecule has 138 valence electrons. The van der Waals surface area contributed by atoms with E-state index in [1.54, 1.807) is 48.5 Å². The number of primary amides is 1. The summed E-state index contributed by atoms with van der Waals surface area (Å²) in [4.78, 5) is 23.9. The molecule has 0 spiro atoms. The highest BCUT2D eigenvalue weighted by Gasteiger charge is 2.12. The molecule has 0 fully saturated rings. The first-order chi connectivity index (χ1) is 13.5. The summed E-state index contributed by atoms with van der Waals surface area (Å²) < 4.78 is 0. The van der Waals surface area contributed by atoms with Crippen LogP contribution in [-0.2, 0) is 0 Å².